The highest BCUT2D eigenvalue weighted by molar-refractivity contribution is 5.86. The lowest BCUT2D eigenvalue weighted by molar-refractivity contribution is -0.145. The van der Waals surface area contributed by atoms with E-state index in [1.54, 1.807) is 0 Å². The highest BCUT2D eigenvalue weighted by atomic mass is 16.5. The summed E-state index contributed by atoms with van der Waals surface area (Å²) in [7, 11) is 1.34. The molecule has 1 aliphatic heterocycles. The van der Waals surface area contributed by atoms with Crippen LogP contribution in [0.3, 0.4) is 0 Å². The molecule has 0 bridgehead atoms. The van der Waals surface area contributed by atoms with Gasteiger partial charge in [0.1, 0.15) is 5.75 Å². The second-order valence-corrected chi connectivity index (χ2v) is 6.91. The van der Waals surface area contributed by atoms with E-state index in [0.717, 1.165) is 34.4 Å². The minimum absolute atomic E-state index is 0.0752. The lowest BCUT2D eigenvalue weighted by Gasteiger charge is -2.26. The minimum Gasteiger partial charge on any atom is -0.493 e. The number of para-hydroxylation sites is 1. The smallest absolute Gasteiger partial charge is 0.333 e. The van der Waals surface area contributed by atoms with Gasteiger partial charge in [-0.2, -0.15) is 0 Å². The third kappa shape index (κ3) is 4.13. The van der Waals surface area contributed by atoms with Gasteiger partial charge in [0.2, 0.25) is 5.91 Å². The molecule has 142 valence electrons. The molecule has 0 saturated carbocycles. The van der Waals surface area contributed by atoms with Gasteiger partial charge in [0.15, 0.2) is 6.04 Å². The van der Waals surface area contributed by atoms with E-state index in [1.807, 2.05) is 56.3 Å². The van der Waals surface area contributed by atoms with Gasteiger partial charge in [-0.3, -0.25) is 4.79 Å². The number of rotatable bonds is 5. The first-order valence-corrected chi connectivity index (χ1v) is 9.16. The van der Waals surface area contributed by atoms with Crippen molar-refractivity contribution in [3.63, 3.8) is 0 Å². The third-order valence-electron chi connectivity index (χ3n) is 5.09. The van der Waals surface area contributed by atoms with Crippen LogP contribution in [0.2, 0.25) is 0 Å². The first kappa shape index (κ1) is 19.0. The SMILES string of the molecule is COC(=O)C(NC(=O)CC1CCOc2ccccc21)c1c(C)cccc1C. The van der Waals surface area contributed by atoms with Crippen molar-refractivity contribution in [1.82, 2.24) is 5.32 Å². The summed E-state index contributed by atoms with van der Waals surface area (Å²) in [5.74, 6) is 0.273. The van der Waals surface area contributed by atoms with E-state index in [2.05, 4.69) is 5.32 Å². The molecular formula is C22H25NO4. The van der Waals surface area contributed by atoms with Gasteiger partial charge in [-0.05, 0) is 54.5 Å². The van der Waals surface area contributed by atoms with E-state index in [0.29, 0.717) is 13.0 Å². The van der Waals surface area contributed by atoms with E-state index in [1.165, 1.54) is 7.11 Å². The van der Waals surface area contributed by atoms with E-state index in [-0.39, 0.29) is 11.8 Å². The standard InChI is InChI=1S/C22H25NO4/c1-14-7-6-8-15(2)20(14)21(22(25)26-3)23-19(24)13-16-11-12-27-18-10-5-4-9-17(16)18/h4-10,16,21H,11-13H2,1-3H3,(H,23,24). The van der Waals surface area contributed by atoms with E-state index in [4.69, 9.17) is 9.47 Å². The van der Waals surface area contributed by atoms with Gasteiger partial charge >= 0.3 is 5.97 Å². The highest BCUT2D eigenvalue weighted by Gasteiger charge is 2.29. The molecule has 0 aliphatic carbocycles. The molecule has 0 radical (unpaired) electrons. The molecule has 27 heavy (non-hydrogen) atoms. The zero-order valence-electron chi connectivity index (χ0n) is 16.0. The molecule has 0 spiro atoms. The largest absolute Gasteiger partial charge is 0.493 e. The number of carbonyl (C=O) groups is 2. The summed E-state index contributed by atoms with van der Waals surface area (Å²) in [4.78, 5) is 25.2. The van der Waals surface area contributed by atoms with Crippen LogP contribution >= 0.6 is 0 Å². The summed E-state index contributed by atoms with van der Waals surface area (Å²) < 4.78 is 10.6. The Hall–Kier alpha value is -2.82. The van der Waals surface area contributed by atoms with E-state index in [9.17, 15) is 9.59 Å². The fraction of sp³-hybridized carbons (Fsp3) is 0.364. The molecule has 2 atom stereocenters. The van der Waals surface area contributed by atoms with Crippen LogP contribution in [0.1, 0.15) is 47.1 Å². The normalized spacial score (nSPS) is 16.6. The Morgan fingerprint density at radius 2 is 1.85 bits per heavy atom. The van der Waals surface area contributed by atoms with Crippen molar-refractivity contribution in [3.05, 3.63) is 64.7 Å². The fourth-order valence-electron chi connectivity index (χ4n) is 3.72. The van der Waals surface area contributed by atoms with Crippen LogP contribution in [0.5, 0.6) is 5.75 Å². The quantitative estimate of drug-likeness (QED) is 0.820. The van der Waals surface area contributed by atoms with Crippen LogP contribution in [0.15, 0.2) is 42.5 Å². The number of aryl methyl sites for hydroxylation is 2. The molecule has 0 aromatic heterocycles. The average Bonchev–Trinajstić information content (AvgIpc) is 2.66. The van der Waals surface area contributed by atoms with Crippen molar-refractivity contribution in [1.29, 1.82) is 0 Å². The molecule has 2 aromatic carbocycles. The van der Waals surface area contributed by atoms with Gasteiger partial charge in [-0.25, -0.2) is 4.79 Å². The van der Waals surface area contributed by atoms with E-state index < -0.39 is 12.0 Å². The second-order valence-electron chi connectivity index (χ2n) is 6.91. The van der Waals surface area contributed by atoms with Crippen molar-refractivity contribution in [3.8, 4) is 5.75 Å². The topological polar surface area (TPSA) is 64.6 Å². The summed E-state index contributed by atoms with van der Waals surface area (Å²) >= 11 is 0. The van der Waals surface area contributed by atoms with Crippen LogP contribution < -0.4 is 10.1 Å². The summed E-state index contributed by atoms with van der Waals surface area (Å²) in [6, 6.07) is 12.8. The molecular weight excluding hydrogens is 342 g/mol. The Labute approximate surface area is 159 Å². The number of hydrogen-bond acceptors (Lipinski definition) is 4. The zero-order chi connectivity index (χ0) is 19.4. The molecule has 3 rings (SSSR count). The first-order chi connectivity index (χ1) is 13.0. The third-order valence-corrected chi connectivity index (χ3v) is 5.09. The van der Waals surface area contributed by atoms with Crippen molar-refractivity contribution < 1.29 is 19.1 Å². The molecule has 5 nitrogen and oxygen atoms in total. The molecule has 2 aromatic rings. The highest BCUT2D eigenvalue weighted by Crippen LogP contribution is 2.35. The summed E-state index contributed by atoms with van der Waals surface area (Å²) in [5.41, 5.74) is 3.73. The van der Waals surface area contributed by atoms with Gasteiger partial charge in [-0.15, -0.1) is 0 Å². The molecule has 1 heterocycles. The maximum Gasteiger partial charge on any atom is 0.333 e. The average molecular weight is 367 g/mol. The number of nitrogens with one attached hydrogen (secondary N) is 1. The van der Waals surface area contributed by atoms with Crippen molar-refractivity contribution in [2.75, 3.05) is 13.7 Å². The van der Waals surface area contributed by atoms with Crippen LogP contribution in [-0.4, -0.2) is 25.6 Å². The minimum atomic E-state index is -0.807. The first-order valence-electron chi connectivity index (χ1n) is 9.16. The molecule has 0 saturated heterocycles. The Morgan fingerprint density at radius 3 is 2.56 bits per heavy atom. The van der Waals surface area contributed by atoms with Crippen LogP contribution in [0.25, 0.3) is 0 Å². The molecule has 0 fully saturated rings. The van der Waals surface area contributed by atoms with Gasteiger partial charge in [0, 0.05) is 6.42 Å². The Kier molecular flexibility index (Phi) is 5.79. The van der Waals surface area contributed by atoms with E-state index >= 15 is 0 Å². The Morgan fingerprint density at radius 1 is 1.15 bits per heavy atom. The zero-order valence-corrected chi connectivity index (χ0v) is 16.0. The second kappa shape index (κ2) is 8.25. The number of ether oxygens (including phenoxy) is 2. The Bertz CT molecular complexity index is 826. The number of esters is 1. The summed E-state index contributed by atoms with van der Waals surface area (Å²) in [5, 5.41) is 2.89. The Balaban J connectivity index is 1.79. The fourth-order valence-corrected chi connectivity index (χ4v) is 3.72. The molecule has 1 amide bonds. The lowest BCUT2D eigenvalue weighted by Crippen LogP contribution is -2.36. The maximum atomic E-state index is 12.8. The molecule has 1 aliphatic rings. The van der Waals surface area contributed by atoms with Crippen molar-refractivity contribution in [2.45, 2.75) is 38.6 Å². The lowest BCUT2D eigenvalue weighted by atomic mass is 9.89. The van der Waals surface area contributed by atoms with Gasteiger partial charge in [-0.1, -0.05) is 36.4 Å². The van der Waals surface area contributed by atoms with Crippen molar-refractivity contribution in [2.24, 2.45) is 0 Å². The van der Waals surface area contributed by atoms with Crippen LogP contribution in [0.4, 0.5) is 0 Å². The number of methoxy groups -OCH3 is 1. The molecule has 2 unspecified atom stereocenters. The summed E-state index contributed by atoms with van der Waals surface area (Å²) in [6.07, 6.45) is 1.08. The van der Waals surface area contributed by atoms with Gasteiger partial charge < -0.3 is 14.8 Å². The summed E-state index contributed by atoms with van der Waals surface area (Å²) in [6.45, 7) is 4.45. The number of amides is 1. The number of fused-ring (bicyclic) bond motifs is 1. The maximum absolute atomic E-state index is 12.8. The monoisotopic (exact) mass is 367 g/mol. The van der Waals surface area contributed by atoms with Gasteiger partial charge in [0.05, 0.1) is 13.7 Å². The predicted octanol–water partition coefficient (Wildman–Crippen LogP) is 3.59. The van der Waals surface area contributed by atoms with Crippen molar-refractivity contribution >= 4 is 11.9 Å². The van der Waals surface area contributed by atoms with Gasteiger partial charge in [0.25, 0.3) is 0 Å². The number of benzene rings is 2. The number of carbonyl (C=O) groups excluding carboxylic acids is 2. The molecule has 5 heteroatoms. The molecule has 1 N–H and O–H groups in total. The van der Waals surface area contributed by atoms with Crippen LogP contribution in [-0.2, 0) is 14.3 Å². The number of hydrogen-bond donors (Lipinski definition) is 1. The van der Waals surface area contributed by atoms with Crippen LogP contribution in [0, 0.1) is 13.8 Å². The predicted molar refractivity (Wildman–Crippen MR) is 103 cm³/mol.